The minimum Gasteiger partial charge on any atom is -0.353 e. The van der Waals surface area contributed by atoms with Gasteiger partial charge in [-0.1, -0.05) is 37.5 Å². The van der Waals surface area contributed by atoms with Crippen molar-refractivity contribution >= 4 is 12.1 Å². The van der Waals surface area contributed by atoms with Crippen LogP contribution in [0.5, 0.6) is 0 Å². The molecule has 2 N–H and O–H groups in total. The number of allylic oxidation sites excluding steroid dienone is 2. The molecule has 2 heterocycles. The summed E-state index contributed by atoms with van der Waals surface area (Å²) in [6.07, 6.45) is 8.92. The summed E-state index contributed by atoms with van der Waals surface area (Å²) in [6.45, 7) is 0. The Morgan fingerprint density at radius 1 is 1.21 bits per heavy atom. The molecule has 0 aromatic heterocycles. The molecule has 4 aliphatic rings. The van der Waals surface area contributed by atoms with Crippen LogP contribution in [0, 0.1) is 5.92 Å². The molecule has 4 atom stereocenters. The van der Waals surface area contributed by atoms with Gasteiger partial charge in [0.25, 0.3) is 0 Å². The lowest BCUT2D eigenvalue weighted by Gasteiger charge is -2.44. The van der Waals surface area contributed by atoms with E-state index in [4.69, 9.17) is 0 Å². The number of rotatable bonds is 3. The highest BCUT2D eigenvalue weighted by atomic mass is 19.4. The van der Waals surface area contributed by atoms with Crippen molar-refractivity contribution in [3.63, 3.8) is 0 Å². The van der Waals surface area contributed by atoms with Gasteiger partial charge in [0, 0.05) is 18.3 Å². The molecule has 0 bridgehead atoms. The molecule has 5 nitrogen and oxygen atoms in total. The number of carbonyl (C=O) groups is 1. The Morgan fingerprint density at radius 2 is 2.00 bits per heavy atom. The van der Waals surface area contributed by atoms with E-state index in [-0.39, 0.29) is 18.4 Å². The maximum absolute atomic E-state index is 13.7. The first kappa shape index (κ1) is 19.5. The predicted molar refractivity (Wildman–Crippen MR) is 100 cm³/mol. The Balaban J connectivity index is 1.52. The van der Waals surface area contributed by atoms with E-state index in [1.54, 1.807) is 0 Å². The van der Waals surface area contributed by atoms with Crippen LogP contribution in [0.25, 0.3) is 0 Å². The summed E-state index contributed by atoms with van der Waals surface area (Å²) in [5.41, 5.74) is 0.874. The minimum absolute atomic E-state index is 0.107. The summed E-state index contributed by atoms with van der Waals surface area (Å²) in [5, 5.41) is 11.4. The van der Waals surface area contributed by atoms with Crippen molar-refractivity contribution in [2.24, 2.45) is 11.0 Å². The molecule has 0 aromatic carbocycles. The monoisotopic (exact) mass is 396 g/mol. The van der Waals surface area contributed by atoms with Crippen molar-refractivity contribution in [3.8, 4) is 0 Å². The lowest BCUT2D eigenvalue weighted by atomic mass is 9.90. The first-order valence-electron chi connectivity index (χ1n) is 10.3. The molecule has 154 valence electrons. The molecule has 1 saturated heterocycles. The van der Waals surface area contributed by atoms with Crippen LogP contribution in [0.3, 0.4) is 0 Å². The average Bonchev–Trinajstić information content (AvgIpc) is 3.12. The van der Waals surface area contributed by atoms with E-state index in [1.165, 1.54) is 12.6 Å². The van der Waals surface area contributed by atoms with Crippen molar-refractivity contribution in [2.45, 2.75) is 81.8 Å². The molecule has 8 heteroatoms. The Labute approximate surface area is 163 Å². The Bertz CT molecular complexity index is 681. The number of carbonyl (C=O) groups excluding carboxylic acids is 1. The second kappa shape index (κ2) is 7.89. The van der Waals surface area contributed by atoms with Crippen molar-refractivity contribution in [2.75, 3.05) is 0 Å². The van der Waals surface area contributed by atoms with E-state index in [2.05, 4.69) is 15.7 Å². The fourth-order valence-corrected chi connectivity index (χ4v) is 4.69. The van der Waals surface area contributed by atoms with Gasteiger partial charge in [0.2, 0.25) is 5.91 Å². The summed E-state index contributed by atoms with van der Waals surface area (Å²) >= 11 is 0. The highest BCUT2D eigenvalue weighted by Crippen LogP contribution is 2.38. The summed E-state index contributed by atoms with van der Waals surface area (Å²) in [4.78, 5) is 12.8. The number of amides is 1. The molecule has 0 aromatic rings. The SMILES string of the molecule is O=C(NC1CCCCC1)C1C=NN2C1NC(C1=CCCC=C1)CC2C(F)(F)F. The van der Waals surface area contributed by atoms with Crippen LogP contribution in [0.2, 0.25) is 0 Å². The molecule has 1 saturated carbocycles. The van der Waals surface area contributed by atoms with Gasteiger partial charge in [-0.2, -0.15) is 18.3 Å². The van der Waals surface area contributed by atoms with Crippen LogP contribution in [0.4, 0.5) is 13.2 Å². The third-order valence-electron chi connectivity index (χ3n) is 6.19. The van der Waals surface area contributed by atoms with Crippen LogP contribution in [-0.2, 0) is 4.79 Å². The summed E-state index contributed by atoms with van der Waals surface area (Å²) in [5.74, 6) is -0.951. The summed E-state index contributed by atoms with van der Waals surface area (Å²) in [7, 11) is 0. The molecular formula is C20H27F3N4O. The first-order chi connectivity index (χ1) is 13.4. The zero-order valence-electron chi connectivity index (χ0n) is 15.8. The van der Waals surface area contributed by atoms with E-state index in [9.17, 15) is 18.0 Å². The molecule has 1 amide bonds. The number of hydrogen-bond donors (Lipinski definition) is 2. The molecule has 4 rings (SSSR count). The van der Waals surface area contributed by atoms with Gasteiger partial charge in [0.1, 0.15) is 18.1 Å². The van der Waals surface area contributed by atoms with E-state index in [0.29, 0.717) is 0 Å². The van der Waals surface area contributed by atoms with Gasteiger partial charge in [-0.15, -0.1) is 0 Å². The smallest absolute Gasteiger partial charge is 0.353 e. The lowest BCUT2D eigenvalue weighted by molar-refractivity contribution is -0.202. The fraction of sp³-hybridized carbons (Fsp3) is 0.700. The Hall–Kier alpha value is -1.83. The molecule has 4 unspecified atom stereocenters. The van der Waals surface area contributed by atoms with E-state index >= 15 is 0 Å². The predicted octanol–water partition coefficient (Wildman–Crippen LogP) is 3.25. The highest BCUT2D eigenvalue weighted by Gasteiger charge is 2.54. The Kier molecular flexibility index (Phi) is 5.49. The maximum atomic E-state index is 13.7. The second-order valence-electron chi connectivity index (χ2n) is 8.15. The normalized spacial score (nSPS) is 33.5. The minimum atomic E-state index is -4.40. The molecule has 2 aliphatic heterocycles. The van der Waals surface area contributed by atoms with E-state index in [0.717, 1.165) is 49.1 Å². The Morgan fingerprint density at radius 3 is 2.68 bits per heavy atom. The molecule has 0 spiro atoms. The largest absolute Gasteiger partial charge is 0.410 e. The number of halogens is 3. The van der Waals surface area contributed by atoms with Gasteiger partial charge in [0.05, 0.1) is 0 Å². The number of nitrogens with zero attached hydrogens (tertiary/aromatic N) is 2. The zero-order chi connectivity index (χ0) is 19.7. The molecule has 2 fully saturated rings. The maximum Gasteiger partial charge on any atom is 0.410 e. The third-order valence-corrected chi connectivity index (χ3v) is 6.19. The van der Waals surface area contributed by atoms with Crippen LogP contribution >= 0.6 is 0 Å². The third kappa shape index (κ3) is 3.97. The van der Waals surface area contributed by atoms with Crippen molar-refractivity contribution in [1.82, 2.24) is 15.6 Å². The van der Waals surface area contributed by atoms with Gasteiger partial charge < -0.3 is 5.32 Å². The van der Waals surface area contributed by atoms with Crippen LogP contribution in [0.15, 0.2) is 28.9 Å². The number of alkyl halides is 3. The van der Waals surface area contributed by atoms with Gasteiger partial charge >= 0.3 is 6.18 Å². The first-order valence-corrected chi connectivity index (χ1v) is 10.3. The molecule has 0 radical (unpaired) electrons. The number of hydrazone groups is 1. The van der Waals surface area contributed by atoms with E-state index in [1.807, 2.05) is 18.2 Å². The van der Waals surface area contributed by atoms with E-state index < -0.39 is 30.3 Å². The molecule has 2 aliphatic carbocycles. The van der Waals surface area contributed by atoms with Gasteiger partial charge in [-0.3, -0.25) is 15.1 Å². The quantitative estimate of drug-likeness (QED) is 0.770. The lowest BCUT2D eigenvalue weighted by Crippen LogP contribution is -2.64. The average molecular weight is 396 g/mol. The van der Waals surface area contributed by atoms with Crippen LogP contribution in [-0.4, -0.2) is 47.6 Å². The van der Waals surface area contributed by atoms with Crippen molar-refractivity contribution in [1.29, 1.82) is 0 Å². The van der Waals surface area contributed by atoms with Gasteiger partial charge in [-0.05, 0) is 37.7 Å². The summed E-state index contributed by atoms with van der Waals surface area (Å²) in [6, 6.07) is -2.01. The van der Waals surface area contributed by atoms with Gasteiger partial charge in [0.15, 0.2) is 0 Å². The van der Waals surface area contributed by atoms with Crippen LogP contribution < -0.4 is 10.6 Å². The standard InChI is InChI=1S/C20H27F3N4O/c21-20(22,23)17-11-16(13-7-3-1-4-8-13)26-18-15(12-24-27(17)18)19(28)25-14-9-5-2-6-10-14/h3,7-8,12,14-18,26H,1-2,4-6,9-11H2,(H,25,28). The fourth-order valence-electron chi connectivity index (χ4n) is 4.69. The topological polar surface area (TPSA) is 56.7 Å². The summed E-state index contributed by atoms with van der Waals surface area (Å²) < 4.78 is 41.2. The second-order valence-corrected chi connectivity index (χ2v) is 8.15. The highest BCUT2D eigenvalue weighted by molar-refractivity contribution is 5.95. The number of nitrogens with one attached hydrogen (secondary N) is 2. The van der Waals surface area contributed by atoms with Crippen LogP contribution in [0.1, 0.15) is 51.4 Å². The number of hydrogen-bond acceptors (Lipinski definition) is 4. The molecular weight excluding hydrogens is 369 g/mol. The number of fused-ring (bicyclic) bond motifs is 1. The molecule has 28 heavy (non-hydrogen) atoms. The van der Waals surface area contributed by atoms with Crippen molar-refractivity contribution < 1.29 is 18.0 Å². The van der Waals surface area contributed by atoms with Gasteiger partial charge in [-0.25, -0.2) is 0 Å². The van der Waals surface area contributed by atoms with Crippen molar-refractivity contribution in [3.05, 3.63) is 23.8 Å². The zero-order valence-corrected chi connectivity index (χ0v) is 15.8.